The summed E-state index contributed by atoms with van der Waals surface area (Å²) in [6.45, 7) is 0. The summed E-state index contributed by atoms with van der Waals surface area (Å²) >= 11 is 1.53. The van der Waals surface area contributed by atoms with Crippen molar-refractivity contribution in [3.05, 3.63) is 32.4 Å². The van der Waals surface area contributed by atoms with Gasteiger partial charge in [0, 0.05) is 9.13 Å². The van der Waals surface area contributed by atoms with Crippen LogP contribution in [-0.4, -0.2) is 12.2 Å². The second-order valence-electron chi connectivity index (χ2n) is 2.91. The zero-order valence-electron chi connectivity index (χ0n) is 7.64. The summed E-state index contributed by atoms with van der Waals surface area (Å²) in [5.74, 6) is -1.17. The minimum Gasteiger partial charge on any atom is -0.366 e. The van der Waals surface area contributed by atoms with Crippen molar-refractivity contribution in [1.29, 1.82) is 0 Å². The average Bonchev–Trinajstić information content (AvgIpc) is 2.14. The molecule has 0 atom stereocenters. The van der Waals surface area contributed by atoms with Crippen LogP contribution < -0.4 is 5.73 Å². The number of benzene rings is 1. The minimum atomic E-state index is -4.72. The van der Waals surface area contributed by atoms with Gasteiger partial charge in [0.25, 0.3) is 0 Å². The van der Waals surface area contributed by atoms with E-state index >= 15 is 0 Å². The first kappa shape index (κ1) is 12.9. The number of hydrogen-bond acceptors (Lipinski definition) is 2. The fraction of sp³-hybridized carbons (Fsp3) is 0.111. The number of carbonyl (C=O) groups excluding carboxylic acids is 2. The molecule has 0 saturated carbocycles. The Labute approximate surface area is 102 Å². The third-order valence-electron chi connectivity index (χ3n) is 1.80. The van der Waals surface area contributed by atoms with Crippen LogP contribution in [0.3, 0.4) is 0 Å². The van der Waals surface area contributed by atoms with Crippen molar-refractivity contribution >= 4 is 34.8 Å². The van der Waals surface area contributed by atoms with Gasteiger partial charge in [-0.2, -0.15) is 13.2 Å². The van der Waals surface area contributed by atoms with Crippen LogP contribution in [0.5, 0.6) is 0 Å². The summed E-state index contributed by atoms with van der Waals surface area (Å²) in [5, 5.41) is 0. The van der Waals surface area contributed by atoms with Gasteiger partial charge >= 0.3 is 6.18 Å². The number of aldehydes is 1. The Kier molecular flexibility index (Phi) is 3.56. The number of halogens is 4. The number of hydrogen-bond donors (Lipinski definition) is 1. The molecule has 1 amide bonds. The summed E-state index contributed by atoms with van der Waals surface area (Å²) in [5.41, 5.74) is 2.92. The van der Waals surface area contributed by atoms with Gasteiger partial charge in [-0.3, -0.25) is 9.59 Å². The Morgan fingerprint density at radius 2 is 1.94 bits per heavy atom. The zero-order valence-corrected chi connectivity index (χ0v) is 9.80. The molecule has 0 aliphatic heterocycles. The van der Waals surface area contributed by atoms with Crippen molar-refractivity contribution in [2.75, 3.05) is 0 Å². The molecule has 0 aromatic heterocycles. The van der Waals surface area contributed by atoms with Crippen LogP contribution in [0.2, 0.25) is 0 Å². The Hall–Kier alpha value is -1.12. The van der Waals surface area contributed by atoms with Gasteiger partial charge in [0.15, 0.2) is 0 Å². The molecule has 2 N–H and O–H groups in total. The number of alkyl halides is 3. The van der Waals surface area contributed by atoms with Crippen LogP contribution in [0.25, 0.3) is 0 Å². The van der Waals surface area contributed by atoms with Gasteiger partial charge in [0.2, 0.25) is 5.91 Å². The van der Waals surface area contributed by atoms with E-state index in [0.717, 1.165) is 0 Å². The smallest absolute Gasteiger partial charge is 0.366 e. The first-order valence-electron chi connectivity index (χ1n) is 3.93. The second-order valence-corrected chi connectivity index (χ2v) is 4.07. The lowest BCUT2D eigenvalue weighted by atomic mass is 10.0. The highest BCUT2D eigenvalue weighted by Crippen LogP contribution is 2.34. The van der Waals surface area contributed by atoms with E-state index in [1.165, 1.54) is 28.7 Å². The van der Waals surface area contributed by atoms with Crippen molar-refractivity contribution in [3.8, 4) is 0 Å². The lowest BCUT2D eigenvalue weighted by Gasteiger charge is -2.12. The van der Waals surface area contributed by atoms with Gasteiger partial charge in [0.1, 0.15) is 6.29 Å². The SMILES string of the molecule is NC(=O)c1c(I)cc(C=O)cc1C(F)(F)F. The molecule has 1 aromatic rings. The molecule has 3 nitrogen and oxygen atoms in total. The lowest BCUT2D eigenvalue weighted by Crippen LogP contribution is -2.20. The molecule has 0 radical (unpaired) electrons. The predicted molar refractivity (Wildman–Crippen MR) is 58.1 cm³/mol. The molecular weight excluding hydrogens is 338 g/mol. The molecule has 1 aromatic carbocycles. The van der Waals surface area contributed by atoms with Crippen LogP contribution in [-0.2, 0) is 6.18 Å². The van der Waals surface area contributed by atoms with E-state index < -0.39 is 23.2 Å². The van der Waals surface area contributed by atoms with Crippen LogP contribution in [0, 0.1) is 3.57 Å². The van der Waals surface area contributed by atoms with Crippen molar-refractivity contribution < 1.29 is 22.8 Å². The standard InChI is InChI=1S/C9H5F3INO2/c10-9(11,12)5-1-4(3-15)2-6(13)7(5)8(14)16/h1-3H,(H2,14,16). The van der Waals surface area contributed by atoms with E-state index in [2.05, 4.69) is 0 Å². The number of amides is 1. The molecule has 86 valence electrons. The van der Waals surface area contributed by atoms with Crippen molar-refractivity contribution in [2.45, 2.75) is 6.18 Å². The maximum atomic E-state index is 12.6. The van der Waals surface area contributed by atoms with E-state index in [4.69, 9.17) is 5.73 Å². The first-order valence-corrected chi connectivity index (χ1v) is 5.01. The molecule has 0 bridgehead atoms. The van der Waals surface area contributed by atoms with Gasteiger partial charge in [-0.1, -0.05) is 0 Å². The van der Waals surface area contributed by atoms with Crippen molar-refractivity contribution in [2.24, 2.45) is 5.73 Å². The highest BCUT2D eigenvalue weighted by atomic mass is 127. The molecule has 0 saturated heterocycles. The van der Waals surface area contributed by atoms with Gasteiger partial charge in [-0.05, 0) is 34.7 Å². The Bertz CT molecular complexity index is 457. The molecule has 0 aliphatic carbocycles. The number of nitrogens with two attached hydrogens (primary N) is 1. The van der Waals surface area contributed by atoms with E-state index in [0.29, 0.717) is 6.07 Å². The highest BCUT2D eigenvalue weighted by molar-refractivity contribution is 14.1. The molecule has 16 heavy (non-hydrogen) atoms. The van der Waals surface area contributed by atoms with E-state index in [1.54, 1.807) is 0 Å². The monoisotopic (exact) mass is 343 g/mol. The third-order valence-corrected chi connectivity index (χ3v) is 2.65. The fourth-order valence-corrected chi connectivity index (χ4v) is 2.09. The number of rotatable bonds is 2. The fourth-order valence-electron chi connectivity index (χ4n) is 1.17. The Morgan fingerprint density at radius 1 is 1.38 bits per heavy atom. The van der Waals surface area contributed by atoms with E-state index in [1.807, 2.05) is 0 Å². The van der Waals surface area contributed by atoms with Crippen LogP contribution in [0.15, 0.2) is 12.1 Å². The lowest BCUT2D eigenvalue weighted by molar-refractivity contribution is -0.138. The summed E-state index contributed by atoms with van der Waals surface area (Å²) in [4.78, 5) is 21.4. The van der Waals surface area contributed by atoms with Gasteiger partial charge in [0.05, 0.1) is 11.1 Å². The third kappa shape index (κ3) is 2.52. The number of primary amides is 1. The summed E-state index contributed by atoms with van der Waals surface area (Å²) in [6, 6.07) is 1.78. The molecule has 0 spiro atoms. The Balaban J connectivity index is 3.59. The maximum absolute atomic E-state index is 12.6. The maximum Gasteiger partial charge on any atom is 0.417 e. The van der Waals surface area contributed by atoms with E-state index in [9.17, 15) is 22.8 Å². The molecule has 7 heteroatoms. The van der Waals surface area contributed by atoms with Crippen molar-refractivity contribution in [3.63, 3.8) is 0 Å². The quantitative estimate of drug-likeness (QED) is 0.661. The number of carbonyl (C=O) groups is 2. The van der Waals surface area contributed by atoms with E-state index in [-0.39, 0.29) is 15.4 Å². The first-order chi connectivity index (χ1) is 7.27. The largest absolute Gasteiger partial charge is 0.417 e. The van der Waals surface area contributed by atoms with Crippen LogP contribution >= 0.6 is 22.6 Å². The predicted octanol–water partition coefficient (Wildman–Crippen LogP) is 2.22. The Morgan fingerprint density at radius 3 is 2.31 bits per heavy atom. The van der Waals surface area contributed by atoms with Gasteiger partial charge in [-0.25, -0.2) is 0 Å². The molecule has 0 unspecified atom stereocenters. The van der Waals surface area contributed by atoms with Gasteiger partial charge < -0.3 is 5.73 Å². The molecule has 1 rings (SSSR count). The second kappa shape index (κ2) is 4.40. The van der Waals surface area contributed by atoms with Crippen LogP contribution in [0.1, 0.15) is 26.3 Å². The molecule has 0 aliphatic rings. The average molecular weight is 343 g/mol. The summed E-state index contributed by atoms with van der Waals surface area (Å²) in [6.07, 6.45) is -4.44. The van der Waals surface area contributed by atoms with Crippen LogP contribution in [0.4, 0.5) is 13.2 Å². The molecular formula is C9H5F3INO2. The molecule has 0 heterocycles. The summed E-state index contributed by atoms with van der Waals surface area (Å²) < 4.78 is 37.7. The van der Waals surface area contributed by atoms with Gasteiger partial charge in [-0.15, -0.1) is 0 Å². The summed E-state index contributed by atoms with van der Waals surface area (Å²) in [7, 11) is 0. The topological polar surface area (TPSA) is 60.2 Å². The zero-order chi connectivity index (χ0) is 12.5. The highest BCUT2D eigenvalue weighted by Gasteiger charge is 2.36. The molecule has 0 fully saturated rings. The minimum absolute atomic E-state index is 0.00187. The normalized spacial score (nSPS) is 11.2. The van der Waals surface area contributed by atoms with Crippen molar-refractivity contribution in [1.82, 2.24) is 0 Å².